The molecule has 3 heterocycles. The third-order valence-corrected chi connectivity index (χ3v) is 4.22. The number of anilines is 1. The fraction of sp³-hybridized carbons (Fsp3) is 0.471. The van der Waals surface area contributed by atoms with E-state index >= 15 is 0 Å². The third kappa shape index (κ3) is 6.69. The van der Waals surface area contributed by atoms with E-state index in [4.69, 9.17) is 20.4 Å². The van der Waals surface area contributed by atoms with Gasteiger partial charge in [-0.3, -0.25) is 9.59 Å². The van der Waals surface area contributed by atoms with Crippen LogP contribution >= 0.6 is 0 Å². The lowest BCUT2D eigenvalue weighted by Gasteiger charge is -2.23. The summed E-state index contributed by atoms with van der Waals surface area (Å²) in [5, 5.41) is 40.6. The molecule has 29 heavy (non-hydrogen) atoms. The van der Waals surface area contributed by atoms with Crippen molar-refractivity contribution in [1.29, 1.82) is 0 Å². The van der Waals surface area contributed by atoms with Crippen molar-refractivity contribution in [2.45, 2.75) is 37.3 Å². The van der Waals surface area contributed by atoms with Crippen molar-refractivity contribution in [3.8, 4) is 0 Å². The highest BCUT2D eigenvalue weighted by atomic mass is 16.4. The maximum absolute atomic E-state index is 10.3. The van der Waals surface area contributed by atoms with E-state index in [1.54, 1.807) is 6.20 Å². The van der Waals surface area contributed by atoms with Gasteiger partial charge < -0.3 is 36.0 Å². The number of H-pyrrole nitrogens is 1. The zero-order valence-corrected chi connectivity index (χ0v) is 15.5. The first-order valence-electron chi connectivity index (χ1n) is 8.87. The lowest BCUT2D eigenvalue weighted by molar-refractivity contribution is -0.170. The van der Waals surface area contributed by atoms with Crippen molar-refractivity contribution in [2.75, 3.05) is 18.4 Å². The quantitative estimate of drug-likeness (QED) is 0.321. The maximum Gasteiger partial charge on any atom is 0.336 e. The number of hydrogen-bond donors (Lipinski definition) is 7. The van der Waals surface area contributed by atoms with Crippen LogP contribution in [0.5, 0.6) is 0 Å². The van der Waals surface area contributed by atoms with Crippen LogP contribution in [0, 0.1) is 0 Å². The molecule has 0 bridgehead atoms. The van der Waals surface area contributed by atoms with Crippen LogP contribution in [0.15, 0.2) is 18.3 Å². The second kappa shape index (κ2) is 9.80. The van der Waals surface area contributed by atoms with Gasteiger partial charge in [0.05, 0.1) is 18.4 Å². The molecular weight excluding hydrogens is 386 g/mol. The Bertz CT molecular complexity index is 814. The van der Waals surface area contributed by atoms with Gasteiger partial charge in [0.15, 0.2) is 11.2 Å². The number of aliphatic carboxylic acids is 3. The number of pyridine rings is 1. The van der Waals surface area contributed by atoms with Gasteiger partial charge in [-0.1, -0.05) is 0 Å². The molecule has 12 heteroatoms. The predicted octanol–water partition coefficient (Wildman–Crippen LogP) is -0.127. The molecule has 1 fully saturated rings. The molecule has 0 aromatic carbocycles. The van der Waals surface area contributed by atoms with Gasteiger partial charge in [0.2, 0.25) is 5.95 Å². The zero-order chi connectivity index (χ0) is 21.4. The Morgan fingerprint density at radius 1 is 1.14 bits per heavy atom. The van der Waals surface area contributed by atoms with E-state index in [1.807, 2.05) is 12.1 Å². The van der Waals surface area contributed by atoms with Gasteiger partial charge in [0.25, 0.3) is 0 Å². The Balaban J connectivity index is 0.000000213. The monoisotopic (exact) mass is 409 g/mol. The van der Waals surface area contributed by atoms with Gasteiger partial charge in [0.1, 0.15) is 0 Å². The summed E-state index contributed by atoms with van der Waals surface area (Å²) in [6.07, 6.45) is 1.76. The standard InChI is InChI=1S/C11H15N5.C6H8O7/c1-2-9-10(13-5-1)16-11(15-9)14-8-3-6-12-7-4-8;7-3(8)1-6(13,5(11)12)2-4(9)10/h1-2,5,8,12H,3-4,6-7H2,(H2,13,14,15,16);13H,1-2H2,(H,7,8)(H,9,10)(H,11,12). The van der Waals surface area contributed by atoms with Gasteiger partial charge in [-0.25, -0.2) is 9.78 Å². The Morgan fingerprint density at radius 2 is 1.76 bits per heavy atom. The number of piperidine rings is 1. The van der Waals surface area contributed by atoms with E-state index in [9.17, 15) is 14.4 Å². The number of hydrogen-bond acceptors (Lipinski definition) is 8. The fourth-order valence-electron chi connectivity index (χ4n) is 2.79. The summed E-state index contributed by atoms with van der Waals surface area (Å²) in [5.41, 5.74) is -0.977. The lowest BCUT2D eigenvalue weighted by atomic mass is 9.96. The summed E-state index contributed by atoms with van der Waals surface area (Å²) in [6.45, 7) is 2.16. The number of rotatable bonds is 7. The van der Waals surface area contributed by atoms with Crippen LogP contribution in [0.2, 0.25) is 0 Å². The van der Waals surface area contributed by atoms with Gasteiger partial charge >= 0.3 is 17.9 Å². The molecule has 12 nitrogen and oxygen atoms in total. The molecule has 2 aromatic heterocycles. The number of aromatic nitrogens is 3. The number of aliphatic hydroxyl groups is 1. The SMILES string of the molecule is O=C(O)CC(O)(CC(=O)O)C(=O)O.c1cnc2nc(NC3CCNCC3)[nH]c2c1. The van der Waals surface area contributed by atoms with Crippen molar-refractivity contribution in [1.82, 2.24) is 20.3 Å². The highest BCUT2D eigenvalue weighted by Gasteiger charge is 2.40. The van der Waals surface area contributed by atoms with Crippen LogP contribution in [0.25, 0.3) is 11.2 Å². The van der Waals surface area contributed by atoms with E-state index in [0.29, 0.717) is 6.04 Å². The summed E-state index contributed by atoms with van der Waals surface area (Å²) in [6, 6.07) is 4.42. The lowest BCUT2D eigenvalue weighted by Crippen LogP contribution is -2.42. The number of fused-ring (bicyclic) bond motifs is 1. The van der Waals surface area contributed by atoms with Crippen molar-refractivity contribution >= 4 is 35.0 Å². The normalized spacial score (nSPS) is 14.7. The molecule has 0 spiro atoms. The summed E-state index contributed by atoms with van der Waals surface area (Å²) < 4.78 is 0. The van der Waals surface area contributed by atoms with Crippen LogP contribution in [0.3, 0.4) is 0 Å². The van der Waals surface area contributed by atoms with Gasteiger partial charge in [-0.15, -0.1) is 0 Å². The first kappa shape index (κ1) is 22.0. The second-order valence-electron chi connectivity index (χ2n) is 6.61. The minimum atomic E-state index is -2.74. The van der Waals surface area contributed by atoms with Crippen LogP contribution in [-0.2, 0) is 14.4 Å². The molecule has 1 aliphatic heterocycles. The summed E-state index contributed by atoms with van der Waals surface area (Å²) in [7, 11) is 0. The average molecular weight is 409 g/mol. The van der Waals surface area contributed by atoms with E-state index in [2.05, 4.69) is 25.6 Å². The van der Waals surface area contributed by atoms with Gasteiger partial charge in [-0.05, 0) is 38.1 Å². The summed E-state index contributed by atoms with van der Waals surface area (Å²) in [4.78, 5) is 42.3. The molecule has 1 saturated heterocycles. The van der Waals surface area contributed by atoms with Gasteiger partial charge in [-0.2, -0.15) is 4.98 Å². The molecule has 0 saturated carbocycles. The summed E-state index contributed by atoms with van der Waals surface area (Å²) in [5.74, 6) is -4.18. The molecule has 7 N–H and O–H groups in total. The van der Waals surface area contributed by atoms with Crippen LogP contribution in [-0.4, -0.2) is 78.0 Å². The van der Waals surface area contributed by atoms with Crippen molar-refractivity contribution in [2.24, 2.45) is 0 Å². The molecule has 0 radical (unpaired) electrons. The number of nitrogens with one attached hydrogen (secondary N) is 3. The van der Waals surface area contributed by atoms with E-state index in [0.717, 1.165) is 43.0 Å². The number of imidazole rings is 1. The van der Waals surface area contributed by atoms with Gasteiger partial charge in [0, 0.05) is 12.2 Å². The smallest absolute Gasteiger partial charge is 0.336 e. The van der Waals surface area contributed by atoms with Crippen molar-refractivity contribution in [3.05, 3.63) is 18.3 Å². The Morgan fingerprint density at radius 3 is 2.28 bits per heavy atom. The topological polar surface area (TPSA) is 198 Å². The highest BCUT2D eigenvalue weighted by molar-refractivity contribution is 5.88. The molecule has 1 aliphatic rings. The molecular formula is C17H23N5O7. The molecule has 0 amide bonds. The van der Waals surface area contributed by atoms with Crippen LogP contribution < -0.4 is 10.6 Å². The Hall–Kier alpha value is -3.25. The number of carbonyl (C=O) groups is 3. The first-order chi connectivity index (χ1) is 13.7. The fourth-order valence-corrected chi connectivity index (χ4v) is 2.79. The molecule has 158 valence electrons. The van der Waals surface area contributed by atoms with Crippen LogP contribution in [0.4, 0.5) is 5.95 Å². The second-order valence-corrected chi connectivity index (χ2v) is 6.61. The number of carboxylic acid groups (broad SMARTS) is 3. The Labute approximate surface area is 165 Å². The number of aromatic amines is 1. The number of carboxylic acids is 3. The summed E-state index contributed by atoms with van der Waals surface area (Å²) >= 11 is 0. The minimum absolute atomic E-state index is 0.516. The van der Waals surface area contributed by atoms with Crippen molar-refractivity contribution in [3.63, 3.8) is 0 Å². The van der Waals surface area contributed by atoms with Crippen LogP contribution in [0.1, 0.15) is 25.7 Å². The van der Waals surface area contributed by atoms with E-state index < -0.39 is 36.4 Å². The third-order valence-electron chi connectivity index (χ3n) is 4.22. The molecule has 3 rings (SSSR count). The average Bonchev–Trinajstić information content (AvgIpc) is 3.04. The Kier molecular flexibility index (Phi) is 7.45. The van der Waals surface area contributed by atoms with Crippen molar-refractivity contribution < 1.29 is 34.8 Å². The number of nitrogens with zero attached hydrogens (tertiary/aromatic N) is 2. The first-order valence-corrected chi connectivity index (χ1v) is 8.87. The molecule has 0 atom stereocenters. The molecule has 2 aromatic rings. The highest BCUT2D eigenvalue weighted by Crippen LogP contribution is 2.16. The zero-order valence-electron chi connectivity index (χ0n) is 15.5. The molecule has 0 unspecified atom stereocenters. The minimum Gasteiger partial charge on any atom is -0.481 e. The largest absolute Gasteiger partial charge is 0.481 e. The van der Waals surface area contributed by atoms with E-state index in [1.165, 1.54) is 0 Å². The van der Waals surface area contributed by atoms with E-state index in [-0.39, 0.29) is 0 Å². The molecule has 0 aliphatic carbocycles. The predicted molar refractivity (Wildman–Crippen MR) is 100 cm³/mol. The maximum atomic E-state index is 10.3.